The lowest BCUT2D eigenvalue weighted by Crippen LogP contribution is -2.39. The molecule has 0 aromatic rings. The Morgan fingerprint density at radius 1 is 1.19 bits per heavy atom. The quantitative estimate of drug-likeness (QED) is 0.765. The Hall–Kier alpha value is -0.610. The first-order valence-electron chi connectivity index (χ1n) is 8.74. The zero-order chi connectivity index (χ0) is 15.1. The molecule has 1 amide bonds. The average molecular weight is 296 g/mol. The van der Waals surface area contributed by atoms with E-state index in [1.54, 1.807) is 0 Å². The van der Waals surface area contributed by atoms with E-state index < -0.39 is 0 Å². The fraction of sp³-hybridized carbons (Fsp3) is 0.941. The molecule has 1 heterocycles. The number of morpholine rings is 1. The standard InChI is InChI=1S/C17H32N2O2/c1-14(2)15-4-6-16(7-5-15)17(20)18-8-3-9-19-10-12-21-13-11-19/h14-16H,3-13H2,1-2H3,(H,18,20). The summed E-state index contributed by atoms with van der Waals surface area (Å²) < 4.78 is 5.34. The second-order valence-corrected chi connectivity index (χ2v) is 6.95. The van der Waals surface area contributed by atoms with Crippen molar-refractivity contribution in [2.24, 2.45) is 17.8 Å². The lowest BCUT2D eigenvalue weighted by Gasteiger charge is -2.30. The van der Waals surface area contributed by atoms with E-state index in [1.807, 2.05) is 0 Å². The van der Waals surface area contributed by atoms with Crippen LogP contribution in [-0.4, -0.2) is 50.2 Å². The molecular formula is C17H32N2O2. The Balaban J connectivity index is 1.55. The van der Waals surface area contributed by atoms with Crippen LogP contribution in [0.25, 0.3) is 0 Å². The van der Waals surface area contributed by atoms with Gasteiger partial charge < -0.3 is 10.1 Å². The Bertz CT molecular complexity index is 306. The molecule has 1 aliphatic heterocycles. The third-order valence-electron chi connectivity index (χ3n) is 5.14. The first kappa shape index (κ1) is 16.8. The van der Waals surface area contributed by atoms with Crippen LogP contribution in [0.2, 0.25) is 0 Å². The monoisotopic (exact) mass is 296 g/mol. The van der Waals surface area contributed by atoms with Crippen LogP contribution in [0.1, 0.15) is 46.0 Å². The molecule has 0 unspecified atom stereocenters. The lowest BCUT2D eigenvalue weighted by atomic mass is 9.77. The van der Waals surface area contributed by atoms with Gasteiger partial charge in [-0.2, -0.15) is 0 Å². The third-order valence-corrected chi connectivity index (χ3v) is 5.14. The molecule has 122 valence electrons. The summed E-state index contributed by atoms with van der Waals surface area (Å²) in [7, 11) is 0. The van der Waals surface area contributed by atoms with Crippen molar-refractivity contribution in [1.29, 1.82) is 0 Å². The molecule has 0 radical (unpaired) electrons. The number of rotatable bonds is 6. The van der Waals surface area contributed by atoms with E-state index in [9.17, 15) is 4.79 Å². The summed E-state index contributed by atoms with van der Waals surface area (Å²) in [5.41, 5.74) is 0. The van der Waals surface area contributed by atoms with Crippen LogP contribution in [0.3, 0.4) is 0 Å². The third kappa shape index (κ3) is 5.59. The van der Waals surface area contributed by atoms with E-state index in [1.165, 1.54) is 12.8 Å². The van der Waals surface area contributed by atoms with Crippen LogP contribution in [0, 0.1) is 17.8 Å². The van der Waals surface area contributed by atoms with Gasteiger partial charge >= 0.3 is 0 Å². The fourth-order valence-electron chi connectivity index (χ4n) is 3.53. The van der Waals surface area contributed by atoms with Crippen LogP contribution >= 0.6 is 0 Å². The van der Waals surface area contributed by atoms with Crippen LogP contribution in [0.5, 0.6) is 0 Å². The maximum absolute atomic E-state index is 12.2. The highest BCUT2D eigenvalue weighted by Crippen LogP contribution is 2.33. The normalized spacial score (nSPS) is 27.8. The predicted molar refractivity (Wildman–Crippen MR) is 85.2 cm³/mol. The van der Waals surface area contributed by atoms with Gasteiger partial charge in [-0.1, -0.05) is 13.8 Å². The molecule has 0 atom stereocenters. The maximum atomic E-state index is 12.2. The second-order valence-electron chi connectivity index (χ2n) is 6.95. The Morgan fingerprint density at radius 2 is 1.86 bits per heavy atom. The average Bonchev–Trinajstić information content (AvgIpc) is 2.52. The molecule has 0 bridgehead atoms. The van der Waals surface area contributed by atoms with Crippen molar-refractivity contribution in [3.8, 4) is 0 Å². The van der Waals surface area contributed by atoms with E-state index in [0.29, 0.717) is 5.91 Å². The molecule has 1 N–H and O–H groups in total. The molecule has 0 aromatic heterocycles. The minimum atomic E-state index is 0.267. The first-order valence-corrected chi connectivity index (χ1v) is 8.74. The highest BCUT2D eigenvalue weighted by Gasteiger charge is 2.27. The molecule has 0 aromatic carbocycles. The van der Waals surface area contributed by atoms with Gasteiger partial charge in [0.1, 0.15) is 0 Å². The summed E-state index contributed by atoms with van der Waals surface area (Å²) in [6.45, 7) is 10.3. The summed E-state index contributed by atoms with van der Waals surface area (Å²) in [6.07, 6.45) is 5.66. The number of hydrogen-bond donors (Lipinski definition) is 1. The van der Waals surface area contributed by atoms with Crippen molar-refractivity contribution in [2.75, 3.05) is 39.4 Å². The van der Waals surface area contributed by atoms with Crippen LogP contribution in [-0.2, 0) is 9.53 Å². The molecular weight excluding hydrogens is 264 g/mol. The van der Waals surface area contributed by atoms with Crippen LogP contribution < -0.4 is 5.32 Å². The number of hydrogen-bond acceptors (Lipinski definition) is 3. The first-order chi connectivity index (χ1) is 10.2. The van der Waals surface area contributed by atoms with E-state index in [4.69, 9.17) is 4.74 Å². The molecule has 2 fully saturated rings. The second kappa shape index (κ2) is 8.74. The molecule has 0 spiro atoms. The van der Waals surface area contributed by atoms with E-state index >= 15 is 0 Å². The van der Waals surface area contributed by atoms with Crippen LogP contribution in [0.15, 0.2) is 0 Å². The molecule has 4 heteroatoms. The molecule has 1 saturated carbocycles. The van der Waals surface area contributed by atoms with Gasteiger partial charge in [0.05, 0.1) is 13.2 Å². The zero-order valence-electron chi connectivity index (χ0n) is 13.8. The SMILES string of the molecule is CC(C)C1CCC(C(=O)NCCCN2CCOCC2)CC1. The van der Waals surface area contributed by atoms with E-state index in [-0.39, 0.29) is 5.92 Å². The predicted octanol–water partition coefficient (Wildman–Crippen LogP) is 2.29. The van der Waals surface area contributed by atoms with Gasteiger partial charge in [0.25, 0.3) is 0 Å². The maximum Gasteiger partial charge on any atom is 0.223 e. The molecule has 4 nitrogen and oxygen atoms in total. The van der Waals surface area contributed by atoms with Crippen molar-refractivity contribution in [3.05, 3.63) is 0 Å². The summed E-state index contributed by atoms with van der Waals surface area (Å²) in [6, 6.07) is 0. The minimum Gasteiger partial charge on any atom is -0.379 e. The number of ether oxygens (including phenoxy) is 1. The van der Waals surface area contributed by atoms with E-state index in [2.05, 4.69) is 24.1 Å². The number of amides is 1. The van der Waals surface area contributed by atoms with Crippen molar-refractivity contribution in [1.82, 2.24) is 10.2 Å². The molecule has 2 rings (SSSR count). The summed E-state index contributed by atoms with van der Waals surface area (Å²) in [4.78, 5) is 14.6. The van der Waals surface area contributed by atoms with Crippen molar-refractivity contribution in [3.63, 3.8) is 0 Å². The smallest absolute Gasteiger partial charge is 0.223 e. The number of carbonyl (C=O) groups is 1. The molecule has 1 aliphatic carbocycles. The Morgan fingerprint density at radius 3 is 2.48 bits per heavy atom. The van der Waals surface area contributed by atoms with Gasteiger partial charge in [-0.15, -0.1) is 0 Å². The molecule has 21 heavy (non-hydrogen) atoms. The molecule has 2 aliphatic rings. The topological polar surface area (TPSA) is 41.6 Å². The fourth-order valence-corrected chi connectivity index (χ4v) is 3.53. The summed E-state index contributed by atoms with van der Waals surface area (Å²) in [5, 5.41) is 3.14. The molecule has 1 saturated heterocycles. The zero-order valence-corrected chi connectivity index (χ0v) is 13.8. The van der Waals surface area contributed by atoms with E-state index in [0.717, 1.165) is 70.5 Å². The number of nitrogens with one attached hydrogen (secondary N) is 1. The lowest BCUT2D eigenvalue weighted by molar-refractivity contribution is -0.126. The number of nitrogens with zero attached hydrogens (tertiary/aromatic N) is 1. The highest BCUT2D eigenvalue weighted by molar-refractivity contribution is 5.78. The van der Waals surface area contributed by atoms with Gasteiger partial charge in [-0.25, -0.2) is 0 Å². The highest BCUT2D eigenvalue weighted by atomic mass is 16.5. The van der Waals surface area contributed by atoms with Crippen molar-refractivity contribution in [2.45, 2.75) is 46.0 Å². The summed E-state index contributed by atoms with van der Waals surface area (Å²) in [5.74, 6) is 2.15. The van der Waals surface area contributed by atoms with Crippen molar-refractivity contribution < 1.29 is 9.53 Å². The van der Waals surface area contributed by atoms with Gasteiger partial charge in [-0.3, -0.25) is 9.69 Å². The Kier molecular flexibility index (Phi) is 6.97. The van der Waals surface area contributed by atoms with Crippen molar-refractivity contribution >= 4 is 5.91 Å². The number of carbonyl (C=O) groups excluding carboxylic acids is 1. The minimum absolute atomic E-state index is 0.267. The van der Waals surface area contributed by atoms with Crippen LogP contribution in [0.4, 0.5) is 0 Å². The summed E-state index contributed by atoms with van der Waals surface area (Å²) >= 11 is 0. The largest absolute Gasteiger partial charge is 0.379 e. The Labute approximate surface area is 129 Å². The van der Waals surface area contributed by atoms with Gasteiger partial charge in [-0.05, 0) is 50.5 Å². The van der Waals surface area contributed by atoms with Gasteiger partial charge in [0.15, 0.2) is 0 Å². The van der Waals surface area contributed by atoms with Gasteiger partial charge in [0, 0.05) is 25.6 Å². The van der Waals surface area contributed by atoms with Gasteiger partial charge in [0.2, 0.25) is 5.91 Å².